The molecule has 0 aliphatic heterocycles. The van der Waals surface area contributed by atoms with Crippen LogP contribution in [0.1, 0.15) is 55.6 Å². The highest BCUT2D eigenvalue weighted by atomic mass is 19.1. The highest BCUT2D eigenvalue weighted by molar-refractivity contribution is 6.13. The van der Waals surface area contributed by atoms with Crippen molar-refractivity contribution in [2.75, 3.05) is 0 Å². The quantitative estimate of drug-likeness (QED) is 0.231. The average molecular weight is 491 g/mol. The number of aryl methyl sites for hydroxylation is 2. The molecule has 2 nitrogen and oxygen atoms in total. The van der Waals surface area contributed by atoms with E-state index >= 15 is 4.39 Å². The van der Waals surface area contributed by atoms with Gasteiger partial charge in [0.25, 0.3) is 0 Å². The molecule has 2 aliphatic carbocycles. The molecule has 3 heteroatoms. The van der Waals surface area contributed by atoms with Gasteiger partial charge in [-0.15, -0.1) is 0 Å². The summed E-state index contributed by atoms with van der Waals surface area (Å²) in [5.74, 6) is 2.26. The summed E-state index contributed by atoms with van der Waals surface area (Å²) in [4.78, 5) is 0. The lowest BCUT2D eigenvalue weighted by Gasteiger charge is -2.32. The molecule has 2 aliphatic rings. The lowest BCUT2D eigenvalue weighted by Crippen LogP contribution is -2.30. The summed E-state index contributed by atoms with van der Waals surface area (Å²) >= 11 is 0. The number of furan rings is 1. The van der Waals surface area contributed by atoms with Gasteiger partial charge < -0.3 is 4.42 Å². The molecule has 0 spiro atoms. The Balaban J connectivity index is 1.33. The molecule has 7 rings (SSSR count). The van der Waals surface area contributed by atoms with Crippen LogP contribution < -0.4 is 4.57 Å². The van der Waals surface area contributed by atoms with E-state index in [4.69, 9.17) is 4.42 Å². The number of benzene rings is 3. The maximum atomic E-state index is 15.4. The Kier molecular flexibility index (Phi) is 5.42. The van der Waals surface area contributed by atoms with Crippen LogP contribution in [0.3, 0.4) is 0 Å². The van der Waals surface area contributed by atoms with Crippen molar-refractivity contribution in [1.82, 2.24) is 0 Å². The Bertz CT molecular complexity index is 1630. The smallest absolute Gasteiger partial charge is 0.216 e. The van der Waals surface area contributed by atoms with Gasteiger partial charge in [0.2, 0.25) is 5.69 Å². The van der Waals surface area contributed by atoms with Crippen molar-refractivity contribution >= 4 is 21.9 Å². The third-order valence-electron chi connectivity index (χ3n) is 9.24. The molecule has 2 saturated carbocycles. The first kappa shape index (κ1) is 22.7. The molecule has 0 bridgehead atoms. The third kappa shape index (κ3) is 3.70. The van der Waals surface area contributed by atoms with Gasteiger partial charge >= 0.3 is 0 Å². The number of fused-ring (bicyclic) bond motifs is 4. The highest BCUT2D eigenvalue weighted by Gasteiger charge is 2.34. The molecular weight excluding hydrogens is 457 g/mol. The van der Waals surface area contributed by atoms with Crippen LogP contribution in [-0.4, -0.2) is 0 Å². The summed E-state index contributed by atoms with van der Waals surface area (Å²) < 4.78 is 24.1. The van der Waals surface area contributed by atoms with Crippen molar-refractivity contribution in [3.63, 3.8) is 0 Å². The Morgan fingerprint density at radius 1 is 0.784 bits per heavy atom. The Morgan fingerprint density at radius 2 is 1.54 bits per heavy atom. The molecule has 2 fully saturated rings. The van der Waals surface area contributed by atoms with Gasteiger partial charge in [-0.05, 0) is 78.8 Å². The number of aromatic nitrogens is 1. The van der Waals surface area contributed by atoms with Gasteiger partial charge in [-0.2, -0.15) is 0 Å². The van der Waals surface area contributed by atoms with Crippen LogP contribution in [-0.2, 0) is 7.05 Å². The van der Waals surface area contributed by atoms with E-state index in [1.165, 1.54) is 44.1 Å². The summed E-state index contributed by atoms with van der Waals surface area (Å²) in [5.41, 5.74) is 7.55. The van der Waals surface area contributed by atoms with Gasteiger partial charge in [-0.25, -0.2) is 8.96 Å². The summed E-state index contributed by atoms with van der Waals surface area (Å²) in [7, 11) is 2.04. The van der Waals surface area contributed by atoms with Crippen LogP contribution >= 0.6 is 0 Å². The first-order chi connectivity index (χ1) is 18.1. The predicted molar refractivity (Wildman–Crippen MR) is 148 cm³/mol. The monoisotopic (exact) mass is 490 g/mol. The molecule has 0 amide bonds. The van der Waals surface area contributed by atoms with Crippen molar-refractivity contribution in [2.24, 2.45) is 18.9 Å². The molecule has 2 heterocycles. The molecule has 3 unspecified atom stereocenters. The van der Waals surface area contributed by atoms with Crippen LogP contribution in [0, 0.1) is 24.6 Å². The SMILES string of the molecule is Cc1ccc2c(oc3c(-c4ccc(C5CCC6CCCC6C5)cc4)c(F)ccc32)c1-c1cccc[n+]1C. The van der Waals surface area contributed by atoms with Crippen LogP contribution in [0.4, 0.5) is 4.39 Å². The minimum atomic E-state index is -0.241. The Morgan fingerprint density at radius 3 is 2.35 bits per heavy atom. The van der Waals surface area contributed by atoms with Crippen molar-refractivity contribution in [3.05, 3.63) is 89.9 Å². The summed E-state index contributed by atoms with van der Waals surface area (Å²) in [6.07, 6.45) is 10.3. The van der Waals surface area contributed by atoms with Crippen LogP contribution in [0.2, 0.25) is 0 Å². The van der Waals surface area contributed by atoms with E-state index in [1.807, 2.05) is 31.4 Å². The number of halogens is 1. The minimum Gasteiger partial charge on any atom is -0.454 e. The second-order valence-corrected chi connectivity index (χ2v) is 11.3. The van der Waals surface area contributed by atoms with Gasteiger partial charge in [0.05, 0.1) is 11.1 Å². The van der Waals surface area contributed by atoms with Crippen LogP contribution in [0.25, 0.3) is 44.3 Å². The van der Waals surface area contributed by atoms with Crippen LogP contribution in [0.15, 0.2) is 77.3 Å². The lowest BCUT2D eigenvalue weighted by atomic mass is 9.73. The van der Waals surface area contributed by atoms with Gasteiger partial charge in [-0.1, -0.05) is 55.7 Å². The number of pyridine rings is 1. The fourth-order valence-electron chi connectivity index (χ4n) is 7.28. The number of nitrogens with zero attached hydrogens (tertiary/aromatic N) is 1. The zero-order chi connectivity index (χ0) is 25.1. The van der Waals surface area contributed by atoms with Crippen molar-refractivity contribution in [1.29, 1.82) is 0 Å². The number of hydrogen-bond acceptors (Lipinski definition) is 1. The fourth-order valence-corrected chi connectivity index (χ4v) is 7.28. The van der Waals surface area contributed by atoms with Crippen molar-refractivity contribution in [2.45, 2.75) is 51.4 Å². The molecule has 0 saturated heterocycles. The van der Waals surface area contributed by atoms with Crippen molar-refractivity contribution in [3.8, 4) is 22.4 Å². The van der Waals surface area contributed by atoms with Gasteiger partial charge in [-0.3, -0.25) is 0 Å². The van der Waals surface area contributed by atoms with E-state index < -0.39 is 0 Å². The first-order valence-corrected chi connectivity index (χ1v) is 13.8. The van der Waals surface area contributed by atoms with Crippen molar-refractivity contribution < 1.29 is 13.4 Å². The zero-order valence-electron chi connectivity index (χ0n) is 21.6. The highest BCUT2D eigenvalue weighted by Crippen LogP contribution is 2.48. The molecule has 5 aromatic rings. The molecule has 0 radical (unpaired) electrons. The largest absolute Gasteiger partial charge is 0.454 e. The molecule has 0 N–H and O–H groups in total. The van der Waals surface area contributed by atoms with Gasteiger partial charge in [0.1, 0.15) is 24.0 Å². The lowest BCUT2D eigenvalue weighted by molar-refractivity contribution is -0.660. The summed E-state index contributed by atoms with van der Waals surface area (Å²) in [5, 5.41) is 1.97. The number of rotatable bonds is 3. The Labute approximate surface area is 217 Å². The summed E-state index contributed by atoms with van der Waals surface area (Å²) in [6.45, 7) is 2.11. The second kappa shape index (κ2) is 8.83. The zero-order valence-corrected chi connectivity index (χ0v) is 21.6. The third-order valence-corrected chi connectivity index (χ3v) is 9.24. The summed E-state index contributed by atoms with van der Waals surface area (Å²) in [6, 6.07) is 22.5. The van der Waals surface area contributed by atoms with Gasteiger partial charge in [0, 0.05) is 22.9 Å². The van der Waals surface area contributed by atoms with Gasteiger partial charge in [0.15, 0.2) is 6.20 Å². The Hall–Kier alpha value is -3.46. The fraction of sp³-hybridized carbons (Fsp3) is 0.324. The standard InChI is InChI=1S/C34H33FNO/c1-21-9-16-27-28-17-18-29(35)32(34(28)37-33(27)31(21)30-8-3-4-19-36(30)2)24-13-10-23(11-14-24)26-15-12-22-6-5-7-25(22)20-26/h3-4,8-11,13-14,16-19,22,25-26H,5-7,12,15,20H2,1-2H3/q+1. The molecule has 186 valence electrons. The molecule has 3 atom stereocenters. The van der Waals surface area contributed by atoms with E-state index in [0.29, 0.717) is 17.1 Å². The predicted octanol–water partition coefficient (Wildman–Crippen LogP) is 8.88. The topological polar surface area (TPSA) is 17.0 Å². The second-order valence-electron chi connectivity index (χ2n) is 11.3. The van der Waals surface area contributed by atoms with E-state index in [0.717, 1.165) is 50.6 Å². The maximum Gasteiger partial charge on any atom is 0.216 e. The van der Waals surface area contributed by atoms with E-state index in [1.54, 1.807) is 6.07 Å². The normalized spacial score (nSPS) is 21.5. The van der Waals surface area contributed by atoms with E-state index in [9.17, 15) is 0 Å². The van der Waals surface area contributed by atoms with E-state index in [2.05, 4.69) is 54.0 Å². The molecule has 3 aromatic carbocycles. The molecule has 2 aromatic heterocycles. The molecular formula is C34H33FNO+. The minimum absolute atomic E-state index is 0.241. The first-order valence-electron chi connectivity index (χ1n) is 13.8. The number of hydrogen-bond donors (Lipinski definition) is 0. The maximum absolute atomic E-state index is 15.4. The van der Waals surface area contributed by atoms with Crippen LogP contribution in [0.5, 0.6) is 0 Å². The van der Waals surface area contributed by atoms with E-state index in [-0.39, 0.29) is 5.82 Å². The molecule has 37 heavy (non-hydrogen) atoms. The average Bonchev–Trinajstić information content (AvgIpc) is 3.53.